The third-order valence-electron chi connectivity index (χ3n) is 4.46. The van der Waals surface area contributed by atoms with Gasteiger partial charge in [0, 0.05) is 6.04 Å². The van der Waals surface area contributed by atoms with Crippen LogP contribution in [-0.2, 0) is 0 Å². The molecule has 6 nitrogen and oxygen atoms in total. The number of nitrogens with zero attached hydrogens (tertiary/aromatic N) is 2. The Labute approximate surface area is 138 Å². The number of aromatic nitrogens is 3. The van der Waals surface area contributed by atoms with E-state index < -0.39 is 24.1 Å². The van der Waals surface area contributed by atoms with Gasteiger partial charge in [-0.1, -0.05) is 49.6 Å². The van der Waals surface area contributed by atoms with E-state index in [9.17, 15) is 14.0 Å². The van der Waals surface area contributed by atoms with Crippen LogP contribution in [0.5, 0.6) is 0 Å². The molecule has 1 aliphatic carbocycles. The lowest BCUT2D eigenvalue weighted by Crippen LogP contribution is -2.41. The summed E-state index contributed by atoms with van der Waals surface area (Å²) in [7, 11) is 0. The van der Waals surface area contributed by atoms with Crippen LogP contribution in [0, 0.1) is 0 Å². The number of nitrogens with one attached hydrogen (secondary N) is 2. The minimum absolute atomic E-state index is 0.00330. The topological polar surface area (TPSA) is 79.8 Å². The Kier molecular flexibility index (Phi) is 5.08. The van der Waals surface area contributed by atoms with Crippen LogP contribution in [-0.4, -0.2) is 21.2 Å². The maximum Gasteiger partial charge on any atom is 0.355 e. The highest BCUT2D eigenvalue weighted by Crippen LogP contribution is 2.25. The Balaban J connectivity index is 1.84. The van der Waals surface area contributed by atoms with Crippen LogP contribution in [0.1, 0.15) is 49.8 Å². The smallest absolute Gasteiger partial charge is 0.346 e. The van der Waals surface area contributed by atoms with Crippen LogP contribution in [0.2, 0.25) is 0 Å². The van der Waals surface area contributed by atoms with E-state index in [1.54, 1.807) is 24.3 Å². The summed E-state index contributed by atoms with van der Waals surface area (Å²) in [5.41, 5.74) is -0.354. The third kappa shape index (κ3) is 3.55. The molecule has 128 valence electrons. The molecular formula is C17H21FN4O2. The Bertz CT molecular complexity index is 750. The number of hydrogen-bond donors (Lipinski definition) is 2. The molecule has 0 spiro atoms. The molecule has 0 bridgehead atoms. The summed E-state index contributed by atoms with van der Waals surface area (Å²) in [6, 6.07) is 8.23. The van der Waals surface area contributed by atoms with Crippen molar-refractivity contribution in [3.05, 3.63) is 56.9 Å². The molecular weight excluding hydrogens is 311 g/mol. The minimum atomic E-state index is -0.681. The summed E-state index contributed by atoms with van der Waals surface area (Å²) in [5, 5.41) is 2.80. The monoisotopic (exact) mass is 332 g/mol. The zero-order chi connectivity index (χ0) is 16.9. The summed E-state index contributed by atoms with van der Waals surface area (Å²) >= 11 is 0. The Morgan fingerprint density at radius 1 is 1.21 bits per heavy atom. The molecule has 1 atom stereocenters. The van der Waals surface area contributed by atoms with E-state index in [1.165, 1.54) is 4.57 Å². The number of halogens is 1. The molecule has 0 saturated heterocycles. The first-order valence-electron chi connectivity index (χ1n) is 8.29. The summed E-state index contributed by atoms with van der Waals surface area (Å²) in [6.45, 7) is -0.681. The fourth-order valence-electron chi connectivity index (χ4n) is 3.22. The number of anilines is 1. The van der Waals surface area contributed by atoms with Crippen molar-refractivity contribution in [3.8, 4) is 0 Å². The van der Waals surface area contributed by atoms with Crippen LogP contribution in [0.15, 0.2) is 39.9 Å². The van der Waals surface area contributed by atoms with E-state index in [1.807, 2.05) is 6.07 Å². The number of aromatic amines is 1. The van der Waals surface area contributed by atoms with Crippen molar-refractivity contribution in [2.24, 2.45) is 0 Å². The highest BCUT2D eigenvalue weighted by atomic mass is 19.1. The van der Waals surface area contributed by atoms with Gasteiger partial charge in [-0.2, -0.15) is 4.98 Å². The first kappa shape index (κ1) is 16.4. The van der Waals surface area contributed by atoms with Gasteiger partial charge in [0.15, 0.2) is 0 Å². The third-order valence-corrected chi connectivity index (χ3v) is 4.46. The van der Waals surface area contributed by atoms with E-state index in [2.05, 4.69) is 15.3 Å². The van der Waals surface area contributed by atoms with Gasteiger partial charge in [0.1, 0.15) is 6.67 Å². The van der Waals surface area contributed by atoms with Gasteiger partial charge in [-0.25, -0.2) is 18.5 Å². The maximum absolute atomic E-state index is 13.3. The molecule has 0 amide bonds. The molecule has 24 heavy (non-hydrogen) atoms. The molecule has 7 heteroatoms. The standard InChI is InChI=1S/C17H21FN4O2/c18-11-14(12-7-3-1-4-8-12)19-15-20-16(23)22(17(24)21-15)13-9-5-2-6-10-13/h1,3-4,7-8,13-14H,2,5-6,9-11H2,(H2,19,20,21,23,24). The average Bonchev–Trinajstić information content (AvgIpc) is 2.61. The molecule has 1 aliphatic rings. The lowest BCUT2D eigenvalue weighted by Gasteiger charge is -2.23. The predicted molar refractivity (Wildman–Crippen MR) is 90.0 cm³/mol. The molecule has 0 aliphatic heterocycles. The second-order valence-corrected chi connectivity index (χ2v) is 6.10. The molecule has 1 aromatic heterocycles. The fraction of sp³-hybridized carbons (Fsp3) is 0.471. The van der Waals surface area contributed by atoms with E-state index in [4.69, 9.17) is 0 Å². The van der Waals surface area contributed by atoms with Crippen LogP contribution in [0.4, 0.5) is 10.3 Å². The second kappa shape index (κ2) is 7.42. The van der Waals surface area contributed by atoms with Crippen molar-refractivity contribution in [3.63, 3.8) is 0 Å². The first-order valence-corrected chi connectivity index (χ1v) is 8.29. The largest absolute Gasteiger partial charge is 0.355 e. The van der Waals surface area contributed by atoms with Crippen molar-refractivity contribution >= 4 is 5.95 Å². The maximum atomic E-state index is 13.3. The van der Waals surface area contributed by atoms with Gasteiger partial charge in [0.05, 0.1) is 6.04 Å². The van der Waals surface area contributed by atoms with Gasteiger partial charge in [-0.3, -0.25) is 4.98 Å². The summed E-state index contributed by atoms with van der Waals surface area (Å²) in [5.74, 6) is 0.00330. The van der Waals surface area contributed by atoms with E-state index >= 15 is 0 Å². The normalized spacial score (nSPS) is 16.7. The lowest BCUT2D eigenvalue weighted by atomic mass is 9.95. The van der Waals surface area contributed by atoms with Crippen LogP contribution in [0.25, 0.3) is 0 Å². The van der Waals surface area contributed by atoms with Crippen LogP contribution < -0.4 is 16.7 Å². The number of rotatable bonds is 5. The van der Waals surface area contributed by atoms with Gasteiger partial charge in [-0.05, 0) is 18.4 Å². The Morgan fingerprint density at radius 3 is 2.54 bits per heavy atom. The molecule has 3 rings (SSSR count). The van der Waals surface area contributed by atoms with Crippen molar-refractivity contribution in [2.75, 3.05) is 12.0 Å². The first-order chi connectivity index (χ1) is 11.7. The van der Waals surface area contributed by atoms with E-state index in [-0.39, 0.29) is 12.0 Å². The second-order valence-electron chi connectivity index (χ2n) is 6.10. The minimum Gasteiger partial charge on any atom is -0.346 e. The fourth-order valence-corrected chi connectivity index (χ4v) is 3.22. The number of benzene rings is 1. The van der Waals surface area contributed by atoms with Crippen molar-refractivity contribution in [1.82, 2.24) is 14.5 Å². The van der Waals surface area contributed by atoms with Crippen LogP contribution in [0.3, 0.4) is 0 Å². The predicted octanol–water partition coefficient (Wildman–Crippen LogP) is 2.56. The van der Waals surface area contributed by atoms with E-state index in [0.29, 0.717) is 0 Å². The zero-order valence-electron chi connectivity index (χ0n) is 13.4. The average molecular weight is 332 g/mol. The molecule has 1 unspecified atom stereocenters. The van der Waals surface area contributed by atoms with Gasteiger partial charge in [-0.15, -0.1) is 0 Å². The molecule has 1 heterocycles. The quantitative estimate of drug-likeness (QED) is 0.882. The number of alkyl halides is 1. The molecule has 1 saturated carbocycles. The summed E-state index contributed by atoms with van der Waals surface area (Å²) in [6.07, 6.45) is 4.78. The van der Waals surface area contributed by atoms with Gasteiger partial charge < -0.3 is 5.32 Å². The Hall–Kier alpha value is -2.44. The van der Waals surface area contributed by atoms with Crippen molar-refractivity contribution in [1.29, 1.82) is 0 Å². The number of hydrogen-bond acceptors (Lipinski definition) is 4. The highest BCUT2D eigenvalue weighted by Gasteiger charge is 2.20. The highest BCUT2D eigenvalue weighted by molar-refractivity contribution is 5.31. The zero-order valence-corrected chi connectivity index (χ0v) is 13.4. The molecule has 2 aromatic rings. The SMILES string of the molecule is O=c1nc(NC(CF)c2ccccc2)[nH]c(=O)n1C1CCCCC1. The van der Waals surface area contributed by atoms with Crippen molar-refractivity contribution in [2.45, 2.75) is 44.2 Å². The van der Waals surface area contributed by atoms with Gasteiger partial charge >= 0.3 is 11.4 Å². The Morgan fingerprint density at radius 2 is 1.92 bits per heavy atom. The van der Waals surface area contributed by atoms with E-state index in [0.717, 1.165) is 37.7 Å². The van der Waals surface area contributed by atoms with Crippen LogP contribution >= 0.6 is 0 Å². The summed E-state index contributed by atoms with van der Waals surface area (Å²) in [4.78, 5) is 31.0. The molecule has 0 radical (unpaired) electrons. The molecule has 2 N–H and O–H groups in total. The van der Waals surface area contributed by atoms with Gasteiger partial charge in [0.2, 0.25) is 5.95 Å². The lowest BCUT2D eigenvalue weighted by molar-refractivity contribution is 0.332. The summed E-state index contributed by atoms with van der Waals surface area (Å²) < 4.78 is 14.5. The van der Waals surface area contributed by atoms with Crippen molar-refractivity contribution < 1.29 is 4.39 Å². The number of H-pyrrole nitrogens is 1. The van der Waals surface area contributed by atoms with Gasteiger partial charge in [0.25, 0.3) is 0 Å². The molecule has 1 aromatic carbocycles. The molecule has 1 fully saturated rings.